The summed E-state index contributed by atoms with van der Waals surface area (Å²) in [4.78, 5) is 23.5. The van der Waals surface area contributed by atoms with Crippen molar-refractivity contribution in [3.8, 4) is 5.75 Å². The third-order valence-electron chi connectivity index (χ3n) is 3.01. The van der Waals surface area contributed by atoms with Gasteiger partial charge in [-0.05, 0) is 44.2 Å². The van der Waals surface area contributed by atoms with Gasteiger partial charge in [-0.2, -0.15) is 0 Å². The van der Waals surface area contributed by atoms with Crippen LogP contribution in [0.1, 0.15) is 40.3 Å². The minimum atomic E-state index is -1.10. The molecule has 0 unspecified atom stereocenters. The van der Waals surface area contributed by atoms with Crippen LogP contribution in [0.2, 0.25) is 0 Å². The summed E-state index contributed by atoms with van der Waals surface area (Å²) in [5.74, 6) is -1.11. The van der Waals surface area contributed by atoms with E-state index in [0.717, 1.165) is 0 Å². The van der Waals surface area contributed by atoms with Crippen LogP contribution in [0.25, 0.3) is 6.08 Å². The van der Waals surface area contributed by atoms with Gasteiger partial charge in [-0.3, -0.25) is 4.79 Å². The monoisotopic (exact) mass is 315 g/mol. The van der Waals surface area contributed by atoms with Gasteiger partial charge in [0.25, 0.3) is 0 Å². The second-order valence-electron chi connectivity index (χ2n) is 5.16. The normalized spacial score (nSPS) is 11.1. The van der Waals surface area contributed by atoms with Gasteiger partial charge >= 0.3 is 5.97 Å². The second-order valence-corrected chi connectivity index (χ2v) is 5.16. The number of ether oxygens (including phenoxy) is 1. The molecule has 0 saturated carbocycles. The lowest BCUT2D eigenvalue weighted by molar-refractivity contribution is 0.0697. The van der Waals surface area contributed by atoms with Gasteiger partial charge in [-0.1, -0.05) is 5.21 Å². The van der Waals surface area contributed by atoms with Crippen molar-refractivity contribution in [1.82, 2.24) is 15.0 Å². The van der Waals surface area contributed by atoms with Gasteiger partial charge in [0.15, 0.2) is 5.78 Å². The molecule has 0 aliphatic heterocycles. The van der Waals surface area contributed by atoms with Crippen LogP contribution in [0.3, 0.4) is 0 Å². The number of carboxylic acids is 1. The van der Waals surface area contributed by atoms with Gasteiger partial charge in [0.05, 0.1) is 29.1 Å². The zero-order valence-corrected chi connectivity index (χ0v) is 13.1. The molecule has 1 aromatic carbocycles. The number of carboxylic acid groups (broad SMARTS) is 1. The van der Waals surface area contributed by atoms with Gasteiger partial charge in [0.2, 0.25) is 0 Å². The molecule has 2 rings (SSSR count). The Balaban J connectivity index is 2.36. The van der Waals surface area contributed by atoms with Crippen molar-refractivity contribution >= 4 is 17.8 Å². The van der Waals surface area contributed by atoms with Crippen LogP contribution in [0.5, 0.6) is 5.75 Å². The number of hydrogen-bond donors (Lipinski definition) is 1. The minimum Gasteiger partial charge on any atom is -0.490 e. The molecule has 0 aliphatic rings. The lowest BCUT2D eigenvalue weighted by Crippen LogP contribution is -2.10. The Morgan fingerprint density at radius 2 is 2.09 bits per heavy atom. The lowest BCUT2D eigenvalue weighted by Gasteiger charge is -2.13. The fraction of sp³-hybridized carbons (Fsp3) is 0.250. The number of nitrogens with zero attached hydrogens (tertiary/aromatic N) is 3. The average molecular weight is 315 g/mol. The van der Waals surface area contributed by atoms with Gasteiger partial charge in [-0.25, -0.2) is 9.48 Å². The Hall–Kier alpha value is -2.96. The highest BCUT2D eigenvalue weighted by atomic mass is 16.5. The first kappa shape index (κ1) is 16.4. The van der Waals surface area contributed by atoms with E-state index < -0.39 is 5.97 Å². The number of carbonyl (C=O) groups excluding carboxylic acids is 1. The third-order valence-corrected chi connectivity index (χ3v) is 3.01. The molecule has 23 heavy (non-hydrogen) atoms. The first-order chi connectivity index (χ1) is 10.9. The fourth-order valence-corrected chi connectivity index (χ4v) is 1.91. The highest BCUT2D eigenvalue weighted by Gasteiger charge is 2.15. The van der Waals surface area contributed by atoms with E-state index >= 15 is 0 Å². The number of benzene rings is 1. The fourth-order valence-electron chi connectivity index (χ4n) is 1.91. The number of hydrogen-bond acceptors (Lipinski definition) is 5. The number of aryl methyl sites for hydroxylation is 1. The highest BCUT2D eigenvalue weighted by molar-refractivity contribution is 6.09. The standard InChI is InChI=1S/C16H17N3O4/c1-10(2)23-15-7-4-11(16(21)22)8-13(15)14(20)6-5-12-9-17-18-19(12)3/h4-10H,1-3H3,(H,21,22)/b6-5+. The Bertz CT molecular complexity index is 762. The van der Waals surface area contributed by atoms with Gasteiger partial charge in [0, 0.05) is 7.05 Å². The quantitative estimate of drug-likeness (QED) is 0.648. The van der Waals surface area contributed by atoms with Crippen LogP contribution in [0.15, 0.2) is 30.5 Å². The summed E-state index contributed by atoms with van der Waals surface area (Å²) >= 11 is 0. The molecule has 0 amide bonds. The van der Waals surface area contributed by atoms with Crippen LogP contribution < -0.4 is 4.74 Å². The van der Waals surface area contributed by atoms with E-state index in [9.17, 15) is 9.59 Å². The summed E-state index contributed by atoms with van der Waals surface area (Å²) < 4.78 is 7.10. The number of rotatable bonds is 6. The van der Waals surface area contributed by atoms with E-state index in [-0.39, 0.29) is 23.0 Å². The number of aromatic carboxylic acids is 1. The number of carbonyl (C=O) groups is 2. The second kappa shape index (κ2) is 6.87. The van der Waals surface area contributed by atoms with Crippen molar-refractivity contribution in [2.75, 3.05) is 0 Å². The number of ketones is 1. The molecule has 1 heterocycles. The van der Waals surface area contributed by atoms with Crippen molar-refractivity contribution in [2.24, 2.45) is 7.05 Å². The van der Waals surface area contributed by atoms with E-state index in [1.165, 1.54) is 35.2 Å². The van der Waals surface area contributed by atoms with E-state index in [0.29, 0.717) is 11.4 Å². The summed E-state index contributed by atoms with van der Waals surface area (Å²) in [7, 11) is 1.70. The molecule has 7 heteroatoms. The largest absolute Gasteiger partial charge is 0.490 e. The van der Waals surface area contributed by atoms with Gasteiger partial charge in [0.1, 0.15) is 5.75 Å². The predicted octanol–water partition coefficient (Wildman–Crippen LogP) is 2.20. The summed E-state index contributed by atoms with van der Waals surface area (Å²) in [5, 5.41) is 16.6. The molecular formula is C16H17N3O4. The highest BCUT2D eigenvalue weighted by Crippen LogP contribution is 2.23. The molecule has 1 aromatic heterocycles. The zero-order valence-electron chi connectivity index (χ0n) is 13.1. The van der Waals surface area contributed by atoms with E-state index in [4.69, 9.17) is 9.84 Å². The van der Waals surface area contributed by atoms with Crippen molar-refractivity contribution in [3.63, 3.8) is 0 Å². The Morgan fingerprint density at radius 3 is 2.65 bits per heavy atom. The van der Waals surface area contributed by atoms with E-state index in [1.807, 2.05) is 13.8 Å². The Morgan fingerprint density at radius 1 is 1.35 bits per heavy atom. The summed E-state index contributed by atoms with van der Waals surface area (Å²) in [6, 6.07) is 4.22. The molecule has 0 radical (unpaired) electrons. The maximum atomic E-state index is 12.4. The minimum absolute atomic E-state index is 0.0278. The van der Waals surface area contributed by atoms with Crippen molar-refractivity contribution in [1.29, 1.82) is 0 Å². The number of aromatic nitrogens is 3. The van der Waals surface area contributed by atoms with Gasteiger partial charge in [-0.15, -0.1) is 5.10 Å². The van der Waals surface area contributed by atoms with Crippen LogP contribution in [0, 0.1) is 0 Å². The molecule has 0 fully saturated rings. The maximum absolute atomic E-state index is 12.4. The Kier molecular flexibility index (Phi) is 4.90. The van der Waals surface area contributed by atoms with Crippen molar-refractivity contribution in [2.45, 2.75) is 20.0 Å². The molecule has 0 saturated heterocycles. The van der Waals surface area contributed by atoms with Crippen LogP contribution >= 0.6 is 0 Å². The SMILES string of the molecule is CC(C)Oc1ccc(C(=O)O)cc1C(=O)/C=C/c1cnnn1C. The summed E-state index contributed by atoms with van der Waals surface area (Å²) in [6.07, 6.45) is 4.28. The smallest absolute Gasteiger partial charge is 0.335 e. The van der Waals surface area contributed by atoms with Crippen LogP contribution in [-0.2, 0) is 7.05 Å². The van der Waals surface area contributed by atoms with E-state index in [1.54, 1.807) is 13.1 Å². The molecule has 0 spiro atoms. The summed E-state index contributed by atoms with van der Waals surface area (Å²) in [6.45, 7) is 3.66. The number of allylic oxidation sites excluding steroid dienone is 1. The van der Waals surface area contributed by atoms with Crippen LogP contribution in [0.4, 0.5) is 0 Å². The van der Waals surface area contributed by atoms with Crippen molar-refractivity contribution in [3.05, 3.63) is 47.3 Å². The maximum Gasteiger partial charge on any atom is 0.335 e. The predicted molar refractivity (Wildman–Crippen MR) is 83.5 cm³/mol. The zero-order chi connectivity index (χ0) is 17.0. The van der Waals surface area contributed by atoms with Gasteiger partial charge < -0.3 is 9.84 Å². The lowest BCUT2D eigenvalue weighted by atomic mass is 10.0. The average Bonchev–Trinajstić information content (AvgIpc) is 2.89. The third kappa shape index (κ3) is 4.03. The van der Waals surface area contributed by atoms with Crippen LogP contribution in [-0.4, -0.2) is 38.0 Å². The molecular weight excluding hydrogens is 298 g/mol. The van der Waals surface area contributed by atoms with E-state index in [2.05, 4.69) is 10.3 Å². The summed E-state index contributed by atoms with van der Waals surface area (Å²) in [5.41, 5.74) is 0.879. The molecule has 0 atom stereocenters. The molecule has 120 valence electrons. The molecule has 1 N–H and O–H groups in total. The molecule has 0 bridgehead atoms. The molecule has 7 nitrogen and oxygen atoms in total. The molecule has 0 aliphatic carbocycles. The first-order valence-corrected chi connectivity index (χ1v) is 6.99. The first-order valence-electron chi connectivity index (χ1n) is 6.99. The topological polar surface area (TPSA) is 94.3 Å². The van der Waals surface area contributed by atoms with Crippen molar-refractivity contribution < 1.29 is 19.4 Å². The Labute approximate surface area is 133 Å². The molecule has 2 aromatic rings.